The molecule has 3 rings (SSSR count). The molecule has 94 valence electrons. The average molecular weight is 242 g/mol. The number of H-pyrrole nitrogens is 1. The lowest BCUT2D eigenvalue weighted by Gasteiger charge is -2.15. The summed E-state index contributed by atoms with van der Waals surface area (Å²) in [6.07, 6.45) is 4.79. The maximum atomic E-state index is 12.1. The quantitative estimate of drug-likeness (QED) is 0.882. The molecule has 1 aliphatic rings. The van der Waals surface area contributed by atoms with Crippen LogP contribution in [0.5, 0.6) is 0 Å². The van der Waals surface area contributed by atoms with Gasteiger partial charge in [0.15, 0.2) is 0 Å². The Hall–Kier alpha value is -1.77. The van der Waals surface area contributed by atoms with Gasteiger partial charge in [0.1, 0.15) is 0 Å². The van der Waals surface area contributed by atoms with E-state index < -0.39 is 0 Å². The number of likely N-dealkylation sites (N-methyl/N-ethyl adjacent to an activating group) is 1. The van der Waals surface area contributed by atoms with Crippen molar-refractivity contribution in [3.8, 4) is 0 Å². The fraction of sp³-hybridized carbons (Fsp3) is 0.400. The third-order valence-corrected chi connectivity index (χ3v) is 3.84. The molecule has 1 saturated carbocycles. The van der Waals surface area contributed by atoms with Crippen LogP contribution in [0.2, 0.25) is 0 Å². The summed E-state index contributed by atoms with van der Waals surface area (Å²) in [5, 5.41) is 1.17. The topological polar surface area (TPSA) is 36.1 Å². The number of carbonyl (C=O) groups is 1. The Balaban J connectivity index is 1.86. The first-order chi connectivity index (χ1) is 8.66. The van der Waals surface area contributed by atoms with Crippen molar-refractivity contribution in [3.63, 3.8) is 0 Å². The number of hydrogen-bond donors (Lipinski definition) is 1. The number of carbonyl (C=O) groups excluding carboxylic acids is 1. The van der Waals surface area contributed by atoms with Crippen LogP contribution in [0.1, 0.15) is 24.0 Å². The molecular weight excluding hydrogens is 224 g/mol. The van der Waals surface area contributed by atoms with E-state index in [0.29, 0.717) is 12.5 Å². The van der Waals surface area contributed by atoms with Crippen molar-refractivity contribution < 1.29 is 4.79 Å². The predicted octanol–water partition coefficient (Wildman–Crippen LogP) is 2.64. The van der Waals surface area contributed by atoms with E-state index in [-0.39, 0.29) is 5.91 Å². The summed E-state index contributed by atoms with van der Waals surface area (Å²) in [5.74, 6) is 0.222. The largest absolute Gasteiger partial charge is 0.361 e. The fourth-order valence-electron chi connectivity index (χ4n) is 2.46. The van der Waals surface area contributed by atoms with E-state index in [4.69, 9.17) is 0 Å². The van der Waals surface area contributed by atoms with Gasteiger partial charge in [-0.25, -0.2) is 0 Å². The number of para-hydroxylation sites is 1. The zero-order valence-electron chi connectivity index (χ0n) is 10.9. The number of amides is 1. The molecule has 0 spiro atoms. The Labute approximate surface area is 107 Å². The number of rotatable bonds is 3. The zero-order valence-corrected chi connectivity index (χ0v) is 10.9. The summed E-state index contributed by atoms with van der Waals surface area (Å²) in [4.78, 5) is 17.3. The normalized spacial score (nSPS) is 15.0. The van der Waals surface area contributed by atoms with Crippen LogP contribution < -0.4 is 0 Å². The molecule has 3 heteroatoms. The highest BCUT2D eigenvalue weighted by molar-refractivity contribution is 5.90. The molecule has 1 fully saturated rings. The lowest BCUT2D eigenvalue weighted by Crippen LogP contribution is -2.30. The molecule has 18 heavy (non-hydrogen) atoms. The summed E-state index contributed by atoms with van der Waals surface area (Å²) in [7, 11) is 1.92. The van der Waals surface area contributed by atoms with Crippen molar-refractivity contribution in [2.24, 2.45) is 0 Å². The predicted molar refractivity (Wildman–Crippen MR) is 72.5 cm³/mol. The van der Waals surface area contributed by atoms with Crippen LogP contribution in [0.15, 0.2) is 24.4 Å². The van der Waals surface area contributed by atoms with Crippen molar-refractivity contribution in [3.05, 3.63) is 35.5 Å². The number of aromatic amines is 1. The number of hydrogen-bond acceptors (Lipinski definition) is 1. The molecule has 1 aromatic carbocycles. The van der Waals surface area contributed by atoms with E-state index in [2.05, 4.69) is 24.0 Å². The van der Waals surface area contributed by atoms with Gasteiger partial charge in [-0.05, 0) is 30.9 Å². The second kappa shape index (κ2) is 4.16. The first kappa shape index (κ1) is 11.3. The fourth-order valence-corrected chi connectivity index (χ4v) is 2.46. The van der Waals surface area contributed by atoms with Gasteiger partial charge >= 0.3 is 0 Å². The number of nitrogens with zero attached hydrogens (tertiary/aromatic N) is 1. The second-order valence-corrected chi connectivity index (χ2v) is 5.22. The minimum atomic E-state index is 0.222. The van der Waals surface area contributed by atoms with E-state index in [1.54, 1.807) is 0 Å². The van der Waals surface area contributed by atoms with Gasteiger partial charge < -0.3 is 9.88 Å². The van der Waals surface area contributed by atoms with Crippen LogP contribution in [-0.4, -0.2) is 28.9 Å². The van der Waals surface area contributed by atoms with E-state index >= 15 is 0 Å². The first-order valence-electron chi connectivity index (χ1n) is 6.48. The van der Waals surface area contributed by atoms with E-state index in [9.17, 15) is 4.79 Å². The molecule has 1 aromatic heterocycles. The number of benzene rings is 1. The first-order valence-corrected chi connectivity index (χ1v) is 6.48. The summed E-state index contributed by atoms with van der Waals surface area (Å²) >= 11 is 0. The summed E-state index contributed by atoms with van der Waals surface area (Å²) in [6.45, 7) is 2.08. The summed E-state index contributed by atoms with van der Waals surface area (Å²) < 4.78 is 0. The van der Waals surface area contributed by atoms with E-state index in [0.717, 1.165) is 23.9 Å². The van der Waals surface area contributed by atoms with Crippen LogP contribution in [-0.2, 0) is 11.2 Å². The Kier molecular flexibility index (Phi) is 2.62. The van der Waals surface area contributed by atoms with Crippen molar-refractivity contribution in [2.75, 3.05) is 7.05 Å². The van der Waals surface area contributed by atoms with Crippen molar-refractivity contribution in [1.29, 1.82) is 0 Å². The van der Waals surface area contributed by atoms with Gasteiger partial charge in [-0.1, -0.05) is 18.2 Å². The van der Waals surface area contributed by atoms with Crippen LogP contribution in [0.3, 0.4) is 0 Å². The van der Waals surface area contributed by atoms with Gasteiger partial charge in [0, 0.05) is 30.2 Å². The molecule has 2 aromatic rings. The molecule has 0 aliphatic heterocycles. The SMILES string of the molecule is Cc1cccc2c(CC(=O)N(C)C3CC3)c[nH]c12. The Morgan fingerprint density at radius 1 is 1.44 bits per heavy atom. The van der Waals surface area contributed by atoms with E-state index in [1.165, 1.54) is 10.9 Å². The molecule has 1 N–H and O–H groups in total. The van der Waals surface area contributed by atoms with Crippen LogP contribution in [0.4, 0.5) is 0 Å². The van der Waals surface area contributed by atoms with Gasteiger partial charge in [0.25, 0.3) is 0 Å². The van der Waals surface area contributed by atoms with E-state index in [1.807, 2.05) is 24.2 Å². The number of fused-ring (bicyclic) bond motifs is 1. The Morgan fingerprint density at radius 2 is 2.22 bits per heavy atom. The minimum absolute atomic E-state index is 0.222. The molecule has 0 bridgehead atoms. The summed E-state index contributed by atoms with van der Waals surface area (Å²) in [5.41, 5.74) is 3.47. The maximum Gasteiger partial charge on any atom is 0.227 e. The highest BCUT2D eigenvalue weighted by Gasteiger charge is 2.29. The Morgan fingerprint density at radius 3 is 2.94 bits per heavy atom. The average Bonchev–Trinajstić information content (AvgIpc) is 3.12. The number of aryl methyl sites for hydroxylation is 1. The zero-order chi connectivity index (χ0) is 12.7. The van der Waals surface area contributed by atoms with Crippen molar-refractivity contribution >= 4 is 16.8 Å². The second-order valence-electron chi connectivity index (χ2n) is 5.22. The Bertz CT molecular complexity index is 596. The van der Waals surface area contributed by atoms with Gasteiger partial charge in [-0.3, -0.25) is 4.79 Å². The molecule has 0 radical (unpaired) electrons. The highest BCUT2D eigenvalue weighted by atomic mass is 16.2. The molecule has 1 amide bonds. The molecule has 3 nitrogen and oxygen atoms in total. The van der Waals surface area contributed by atoms with Gasteiger partial charge in [-0.15, -0.1) is 0 Å². The van der Waals surface area contributed by atoms with Crippen molar-refractivity contribution in [2.45, 2.75) is 32.2 Å². The van der Waals surface area contributed by atoms with Crippen LogP contribution in [0, 0.1) is 6.92 Å². The number of aromatic nitrogens is 1. The molecule has 0 atom stereocenters. The van der Waals surface area contributed by atoms with Gasteiger partial charge in [-0.2, -0.15) is 0 Å². The molecule has 1 aliphatic carbocycles. The van der Waals surface area contributed by atoms with Crippen LogP contribution in [0.25, 0.3) is 10.9 Å². The standard InChI is InChI=1S/C15H18N2O/c1-10-4-3-5-13-11(9-16-15(10)13)8-14(18)17(2)12-6-7-12/h3-5,9,12,16H,6-8H2,1-2H3. The van der Waals surface area contributed by atoms with Crippen molar-refractivity contribution in [1.82, 2.24) is 9.88 Å². The minimum Gasteiger partial charge on any atom is -0.361 e. The maximum absolute atomic E-state index is 12.1. The highest BCUT2D eigenvalue weighted by Crippen LogP contribution is 2.27. The monoisotopic (exact) mass is 242 g/mol. The third kappa shape index (κ3) is 1.90. The molecular formula is C15H18N2O. The van der Waals surface area contributed by atoms with Gasteiger partial charge in [0.2, 0.25) is 5.91 Å². The lowest BCUT2D eigenvalue weighted by atomic mass is 10.1. The number of nitrogens with one attached hydrogen (secondary N) is 1. The smallest absolute Gasteiger partial charge is 0.227 e. The molecule has 0 saturated heterocycles. The van der Waals surface area contributed by atoms with Gasteiger partial charge in [0.05, 0.1) is 6.42 Å². The lowest BCUT2D eigenvalue weighted by molar-refractivity contribution is -0.129. The summed E-state index contributed by atoms with van der Waals surface area (Å²) in [6, 6.07) is 6.70. The third-order valence-electron chi connectivity index (χ3n) is 3.84. The molecule has 0 unspecified atom stereocenters. The van der Waals surface area contributed by atoms with Crippen LogP contribution >= 0.6 is 0 Å². The molecule has 1 heterocycles.